The fraction of sp³-hybridized carbons (Fsp3) is 0.143. The summed E-state index contributed by atoms with van der Waals surface area (Å²) in [5.41, 5.74) is 3.14. The number of hydrogen-bond acceptors (Lipinski definition) is 3. The molecule has 0 aliphatic heterocycles. The maximum atomic E-state index is 9.02. The van der Waals surface area contributed by atoms with Gasteiger partial charge in [0.1, 0.15) is 6.07 Å². The molecule has 0 aliphatic carbocycles. The Kier molecular flexibility index (Phi) is 3.46. The molecule has 0 atom stereocenters. The molecular formula is C14H12N2S. The van der Waals surface area contributed by atoms with Crippen LogP contribution in [0.1, 0.15) is 16.7 Å². The molecular weight excluding hydrogens is 228 g/mol. The van der Waals surface area contributed by atoms with Crippen molar-refractivity contribution < 1.29 is 0 Å². The van der Waals surface area contributed by atoms with Crippen molar-refractivity contribution in [3.63, 3.8) is 0 Å². The molecule has 1 aromatic heterocycles. The zero-order valence-corrected chi connectivity index (χ0v) is 10.6. The van der Waals surface area contributed by atoms with Crippen molar-refractivity contribution in [3.8, 4) is 6.07 Å². The van der Waals surface area contributed by atoms with Crippen molar-refractivity contribution in [1.82, 2.24) is 4.98 Å². The Morgan fingerprint density at radius 3 is 2.71 bits per heavy atom. The third-order valence-corrected chi connectivity index (χ3v) is 3.68. The molecule has 2 rings (SSSR count). The number of nitriles is 1. The normalized spacial score (nSPS) is 9.94. The molecule has 1 aromatic carbocycles. The molecule has 0 unspecified atom stereocenters. The predicted octanol–water partition coefficient (Wildman–Crippen LogP) is 3.72. The van der Waals surface area contributed by atoms with Gasteiger partial charge in [0.2, 0.25) is 0 Å². The van der Waals surface area contributed by atoms with E-state index in [2.05, 4.69) is 43.1 Å². The fourth-order valence-corrected chi connectivity index (χ4v) is 2.52. The average Bonchev–Trinajstić information content (AvgIpc) is 2.33. The predicted molar refractivity (Wildman–Crippen MR) is 69.0 cm³/mol. The topological polar surface area (TPSA) is 36.7 Å². The van der Waals surface area contributed by atoms with Crippen LogP contribution in [0.5, 0.6) is 0 Å². The van der Waals surface area contributed by atoms with Gasteiger partial charge in [-0.15, -0.1) is 0 Å². The van der Waals surface area contributed by atoms with Gasteiger partial charge in [-0.1, -0.05) is 29.5 Å². The van der Waals surface area contributed by atoms with Crippen LogP contribution in [0.3, 0.4) is 0 Å². The third kappa shape index (κ3) is 2.66. The summed E-state index contributed by atoms with van der Waals surface area (Å²) in [4.78, 5) is 6.14. The minimum atomic E-state index is 0.671. The van der Waals surface area contributed by atoms with Gasteiger partial charge in [-0.05, 0) is 31.5 Å². The van der Waals surface area contributed by atoms with Crippen molar-refractivity contribution in [3.05, 3.63) is 53.3 Å². The Bertz CT molecular complexity index is 585. The van der Waals surface area contributed by atoms with E-state index in [0.29, 0.717) is 5.56 Å². The summed E-state index contributed by atoms with van der Waals surface area (Å²) in [6.07, 6.45) is 3.38. The van der Waals surface area contributed by atoms with E-state index in [1.807, 2.05) is 0 Å². The summed E-state index contributed by atoms with van der Waals surface area (Å²) in [6.45, 7) is 4.16. The summed E-state index contributed by atoms with van der Waals surface area (Å²) in [5, 5.41) is 9.02. The highest BCUT2D eigenvalue weighted by atomic mass is 32.2. The largest absolute Gasteiger partial charge is 0.263 e. The molecule has 0 saturated heterocycles. The Hall–Kier alpha value is -1.79. The minimum absolute atomic E-state index is 0.671. The second-order valence-electron chi connectivity index (χ2n) is 3.85. The quantitative estimate of drug-likeness (QED) is 0.802. The SMILES string of the molecule is Cc1ccc(Sc2cnccc2C#N)c(C)c1. The van der Waals surface area contributed by atoms with Crippen LogP contribution in [0.25, 0.3) is 0 Å². The lowest BCUT2D eigenvalue weighted by Crippen LogP contribution is -1.85. The molecule has 17 heavy (non-hydrogen) atoms. The van der Waals surface area contributed by atoms with Crippen LogP contribution in [0, 0.1) is 25.2 Å². The van der Waals surface area contributed by atoms with Crippen molar-refractivity contribution in [2.75, 3.05) is 0 Å². The number of aromatic nitrogens is 1. The van der Waals surface area contributed by atoms with E-state index in [4.69, 9.17) is 5.26 Å². The molecule has 0 amide bonds. The van der Waals surface area contributed by atoms with Crippen molar-refractivity contribution in [1.29, 1.82) is 5.26 Å². The van der Waals surface area contributed by atoms with E-state index in [0.717, 1.165) is 4.90 Å². The fourth-order valence-electron chi connectivity index (χ4n) is 1.59. The Balaban J connectivity index is 2.35. The lowest BCUT2D eigenvalue weighted by molar-refractivity contribution is 1.20. The number of aryl methyl sites for hydroxylation is 2. The number of pyridine rings is 1. The first kappa shape index (κ1) is 11.7. The standard InChI is InChI=1S/C14H12N2S/c1-10-3-4-13(11(2)7-10)17-14-9-16-6-5-12(14)8-15/h3-7,9H,1-2H3. The Labute approximate surface area is 105 Å². The van der Waals surface area contributed by atoms with Gasteiger partial charge in [-0.2, -0.15) is 5.26 Å². The van der Waals surface area contributed by atoms with E-state index in [1.54, 1.807) is 30.2 Å². The van der Waals surface area contributed by atoms with Gasteiger partial charge >= 0.3 is 0 Å². The van der Waals surface area contributed by atoms with Crippen LogP contribution in [-0.4, -0.2) is 4.98 Å². The van der Waals surface area contributed by atoms with Crippen LogP contribution in [0.2, 0.25) is 0 Å². The van der Waals surface area contributed by atoms with Crippen LogP contribution >= 0.6 is 11.8 Å². The van der Waals surface area contributed by atoms with E-state index in [1.165, 1.54) is 16.0 Å². The first-order valence-corrected chi connectivity index (χ1v) is 6.11. The second-order valence-corrected chi connectivity index (χ2v) is 4.94. The summed E-state index contributed by atoms with van der Waals surface area (Å²) in [7, 11) is 0. The lowest BCUT2D eigenvalue weighted by Gasteiger charge is -2.07. The summed E-state index contributed by atoms with van der Waals surface area (Å²) >= 11 is 1.59. The summed E-state index contributed by atoms with van der Waals surface area (Å²) in [6, 6.07) is 10.2. The zero-order chi connectivity index (χ0) is 12.3. The van der Waals surface area contributed by atoms with Gasteiger partial charge in [0, 0.05) is 22.2 Å². The minimum Gasteiger partial charge on any atom is -0.263 e. The number of rotatable bonds is 2. The second kappa shape index (κ2) is 5.03. The molecule has 0 radical (unpaired) electrons. The molecule has 0 fully saturated rings. The maximum Gasteiger partial charge on any atom is 0.100 e. The lowest BCUT2D eigenvalue weighted by atomic mass is 10.2. The average molecular weight is 240 g/mol. The van der Waals surface area contributed by atoms with Gasteiger partial charge in [0.05, 0.1) is 5.56 Å². The molecule has 0 N–H and O–H groups in total. The van der Waals surface area contributed by atoms with Crippen LogP contribution in [0.4, 0.5) is 0 Å². The molecule has 0 aliphatic rings. The highest BCUT2D eigenvalue weighted by Crippen LogP contribution is 2.32. The molecule has 3 heteroatoms. The molecule has 0 saturated carbocycles. The molecule has 1 heterocycles. The van der Waals surface area contributed by atoms with Crippen LogP contribution < -0.4 is 0 Å². The van der Waals surface area contributed by atoms with Crippen molar-refractivity contribution >= 4 is 11.8 Å². The van der Waals surface area contributed by atoms with Gasteiger partial charge in [-0.25, -0.2) is 0 Å². The molecule has 2 nitrogen and oxygen atoms in total. The first-order chi connectivity index (χ1) is 8.20. The van der Waals surface area contributed by atoms with Gasteiger partial charge in [0.15, 0.2) is 0 Å². The number of hydrogen-bond donors (Lipinski definition) is 0. The van der Waals surface area contributed by atoms with E-state index < -0.39 is 0 Å². The van der Waals surface area contributed by atoms with Gasteiger partial charge in [0.25, 0.3) is 0 Å². The Morgan fingerprint density at radius 1 is 1.18 bits per heavy atom. The maximum absolute atomic E-state index is 9.02. The highest BCUT2D eigenvalue weighted by molar-refractivity contribution is 7.99. The molecule has 2 aromatic rings. The van der Waals surface area contributed by atoms with Gasteiger partial charge in [-0.3, -0.25) is 4.98 Å². The first-order valence-electron chi connectivity index (χ1n) is 5.30. The number of nitrogens with zero attached hydrogens (tertiary/aromatic N) is 2. The molecule has 0 spiro atoms. The highest BCUT2D eigenvalue weighted by Gasteiger charge is 2.06. The smallest absolute Gasteiger partial charge is 0.100 e. The van der Waals surface area contributed by atoms with Crippen LogP contribution in [-0.2, 0) is 0 Å². The monoisotopic (exact) mass is 240 g/mol. The van der Waals surface area contributed by atoms with Gasteiger partial charge < -0.3 is 0 Å². The van der Waals surface area contributed by atoms with E-state index >= 15 is 0 Å². The zero-order valence-electron chi connectivity index (χ0n) is 9.77. The third-order valence-electron chi connectivity index (χ3n) is 2.46. The summed E-state index contributed by atoms with van der Waals surface area (Å²) < 4.78 is 0. The number of benzene rings is 1. The summed E-state index contributed by atoms with van der Waals surface area (Å²) in [5.74, 6) is 0. The van der Waals surface area contributed by atoms with Crippen molar-refractivity contribution in [2.45, 2.75) is 23.6 Å². The molecule has 0 bridgehead atoms. The molecule has 84 valence electrons. The van der Waals surface area contributed by atoms with E-state index in [-0.39, 0.29) is 0 Å². The van der Waals surface area contributed by atoms with E-state index in [9.17, 15) is 0 Å². The van der Waals surface area contributed by atoms with Crippen LogP contribution in [0.15, 0.2) is 46.5 Å². The Morgan fingerprint density at radius 2 is 2.00 bits per heavy atom. The van der Waals surface area contributed by atoms with Crippen molar-refractivity contribution in [2.24, 2.45) is 0 Å².